The molecule has 0 atom stereocenters. The SMILES string of the molecule is C=CCOc1c(C)cnc(C)c1C. The first kappa shape index (κ1) is 9.78. The molecule has 0 aliphatic rings. The first-order valence-corrected chi connectivity index (χ1v) is 4.33. The van der Waals surface area contributed by atoms with E-state index in [9.17, 15) is 0 Å². The molecule has 0 radical (unpaired) electrons. The van der Waals surface area contributed by atoms with Gasteiger partial charge in [0.05, 0.1) is 0 Å². The highest BCUT2D eigenvalue weighted by atomic mass is 16.5. The van der Waals surface area contributed by atoms with Crippen LogP contribution in [0.2, 0.25) is 0 Å². The third kappa shape index (κ3) is 2.08. The van der Waals surface area contributed by atoms with Crippen LogP contribution in [0.15, 0.2) is 18.9 Å². The van der Waals surface area contributed by atoms with Crippen molar-refractivity contribution in [1.82, 2.24) is 4.98 Å². The molecule has 0 saturated carbocycles. The molecule has 0 fully saturated rings. The van der Waals surface area contributed by atoms with Gasteiger partial charge in [-0.05, 0) is 20.8 Å². The summed E-state index contributed by atoms with van der Waals surface area (Å²) < 4.78 is 5.54. The monoisotopic (exact) mass is 177 g/mol. The van der Waals surface area contributed by atoms with Gasteiger partial charge in [0.25, 0.3) is 0 Å². The maximum Gasteiger partial charge on any atom is 0.128 e. The Hall–Kier alpha value is -1.31. The van der Waals surface area contributed by atoms with Gasteiger partial charge in [0, 0.05) is 23.0 Å². The molecule has 2 nitrogen and oxygen atoms in total. The molecule has 0 bridgehead atoms. The van der Waals surface area contributed by atoms with Crippen molar-refractivity contribution in [2.45, 2.75) is 20.8 Å². The van der Waals surface area contributed by atoms with Crippen molar-refractivity contribution in [2.75, 3.05) is 6.61 Å². The molecular weight excluding hydrogens is 162 g/mol. The lowest BCUT2D eigenvalue weighted by Gasteiger charge is -2.11. The fourth-order valence-electron chi connectivity index (χ4n) is 1.17. The molecule has 13 heavy (non-hydrogen) atoms. The predicted octanol–water partition coefficient (Wildman–Crippen LogP) is 2.57. The maximum atomic E-state index is 5.54. The molecule has 1 aromatic heterocycles. The summed E-state index contributed by atoms with van der Waals surface area (Å²) in [6.45, 7) is 10.2. The van der Waals surface area contributed by atoms with Crippen LogP contribution >= 0.6 is 0 Å². The molecule has 70 valence electrons. The number of ether oxygens (including phenoxy) is 1. The minimum Gasteiger partial charge on any atom is -0.489 e. The fourth-order valence-corrected chi connectivity index (χ4v) is 1.17. The van der Waals surface area contributed by atoms with Crippen LogP contribution in [-0.2, 0) is 0 Å². The molecule has 1 rings (SSSR count). The fraction of sp³-hybridized carbons (Fsp3) is 0.364. The molecule has 0 spiro atoms. The Morgan fingerprint density at radius 2 is 2.15 bits per heavy atom. The maximum absolute atomic E-state index is 5.54. The number of hydrogen-bond donors (Lipinski definition) is 0. The van der Waals surface area contributed by atoms with Gasteiger partial charge >= 0.3 is 0 Å². The molecule has 0 amide bonds. The van der Waals surface area contributed by atoms with Crippen LogP contribution in [0.3, 0.4) is 0 Å². The van der Waals surface area contributed by atoms with E-state index in [4.69, 9.17) is 4.74 Å². The lowest BCUT2D eigenvalue weighted by Crippen LogP contribution is -2.00. The van der Waals surface area contributed by atoms with Crippen LogP contribution in [0, 0.1) is 20.8 Å². The Kier molecular flexibility index (Phi) is 3.07. The van der Waals surface area contributed by atoms with Gasteiger partial charge in [0.2, 0.25) is 0 Å². The molecule has 2 heteroatoms. The second kappa shape index (κ2) is 4.08. The van der Waals surface area contributed by atoms with Crippen molar-refractivity contribution < 1.29 is 4.74 Å². The lowest BCUT2D eigenvalue weighted by atomic mass is 10.1. The number of rotatable bonds is 3. The Bertz CT molecular complexity index is 318. The molecule has 0 aromatic carbocycles. The summed E-state index contributed by atoms with van der Waals surface area (Å²) in [4.78, 5) is 4.24. The summed E-state index contributed by atoms with van der Waals surface area (Å²) >= 11 is 0. The van der Waals surface area contributed by atoms with E-state index in [1.807, 2.05) is 27.0 Å². The topological polar surface area (TPSA) is 22.1 Å². The van der Waals surface area contributed by atoms with E-state index in [1.54, 1.807) is 6.08 Å². The zero-order valence-electron chi connectivity index (χ0n) is 8.42. The normalized spacial score (nSPS) is 9.77. The molecule has 1 aromatic rings. The molecule has 1 heterocycles. The van der Waals surface area contributed by atoms with Crippen LogP contribution in [0.4, 0.5) is 0 Å². The molecular formula is C11H15NO. The number of aryl methyl sites for hydroxylation is 2. The van der Waals surface area contributed by atoms with E-state index in [2.05, 4.69) is 11.6 Å². The van der Waals surface area contributed by atoms with Crippen LogP contribution in [-0.4, -0.2) is 11.6 Å². The van der Waals surface area contributed by atoms with Crippen molar-refractivity contribution in [3.8, 4) is 5.75 Å². The van der Waals surface area contributed by atoms with E-state index < -0.39 is 0 Å². The molecule has 0 unspecified atom stereocenters. The van der Waals surface area contributed by atoms with Crippen molar-refractivity contribution in [3.63, 3.8) is 0 Å². The summed E-state index contributed by atoms with van der Waals surface area (Å²) in [6.07, 6.45) is 3.58. The van der Waals surface area contributed by atoms with E-state index in [-0.39, 0.29) is 0 Å². The van der Waals surface area contributed by atoms with Gasteiger partial charge in [-0.2, -0.15) is 0 Å². The van der Waals surface area contributed by atoms with Gasteiger partial charge < -0.3 is 4.74 Å². The highest BCUT2D eigenvalue weighted by Crippen LogP contribution is 2.23. The third-order valence-electron chi connectivity index (χ3n) is 2.04. The standard InChI is InChI=1S/C11H15NO/c1-5-6-13-11-8(2)7-12-10(4)9(11)3/h5,7H,1,6H2,2-4H3. The summed E-state index contributed by atoms with van der Waals surface area (Å²) in [5.74, 6) is 0.937. The van der Waals surface area contributed by atoms with E-state index >= 15 is 0 Å². The number of aromatic nitrogens is 1. The highest BCUT2D eigenvalue weighted by molar-refractivity contribution is 5.40. The van der Waals surface area contributed by atoms with Crippen LogP contribution in [0.5, 0.6) is 5.75 Å². The summed E-state index contributed by atoms with van der Waals surface area (Å²) in [6, 6.07) is 0. The van der Waals surface area contributed by atoms with Gasteiger partial charge in [-0.3, -0.25) is 4.98 Å². The van der Waals surface area contributed by atoms with Gasteiger partial charge in [0.15, 0.2) is 0 Å². The predicted molar refractivity (Wildman–Crippen MR) is 54.1 cm³/mol. The van der Waals surface area contributed by atoms with Crippen LogP contribution in [0.1, 0.15) is 16.8 Å². The summed E-state index contributed by atoms with van der Waals surface area (Å²) in [5.41, 5.74) is 3.21. The summed E-state index contributed by atoms with van der Waals surface area (Å²) in [5, 5.41) is 0. The zero-order chi connectivity index (χ0) is 9.84. The number of pyridine rings is 1. The first-order chi connectivity index (χ1) is 6.16. The van der Waals surface area contributed by atoms with Crippen molar-refractivity contribution >= 4 is 0 Å². The van der Waals surface area contributed by atoms with E-state index in [0.717, 1.165) is 22.6 Å². The minimum absolute atomic E-state index is 0.547. The Labute approximate surface area is 79.3 Å². The van der Waals surface area contributed by atoms with E-state index in [1.165, 1.54) is 0 Å². The third-order valence-corrected chi connectivity index (χ3v) is 2.04. The van der Waals surface area contributed by atoms with Gasteiger partial charge in [0.1, 0.15) is 12.4 Å². The Morgan fingerprint density at radius 1 is 1.46 bits per heavy atom. The van der Waals surface area contributed by atoms with Crippen LogP contribution in [0.25, 0.3) is 0 Å². The summed E-state index contributed by atoms with van der Waals surface area (Å²) in [7, 11) is 0. The number of nitrogens with zero attached hydrogens (tertiary/aromatic N) is 1. The van der Waals surface area contributed by atoms with Crippen molar-refractivity contribution in [3.05, 3.63) is 35.7 Å². The van der Waals surface area contributed by atoms with Gasteiger partial charge in [-0.1, -0.05) is 12.7 Å². The average molecular weight is 177 g/mol. The highest BCUT2D eigenvalue weighted by Gasteiger charge is 2.05. The molecule has 0 saturated heterocycles. The molecule has 0 aliphatic carbocycles. The van der Waals surface area contributed by atoms with Gasteiger partial charge in [-0.15, -0.1) is 0 Å². The van der Waals surface area contributed by atoms with E-state index in [0.29, 0.717) is 6.61 Å². The smallest absolute Gasteiger partial charge is 0.128 e. The number of hydrogen-bond acceptors (Lipinski definition) is 2. The Morgan fingerprint density at radius 3 is 2.77 bits per heavy atom. The van der Waals surface area contributed by atoms with Crippen LogP contribution < -0.4 is 4.74 Å². The lowest BCUT2D eigenvalue weighted by molar-refractivity contribution is 0.357. The second-order valence-corrected chi connectivity index (χ2v) is 3.08. The largest absolute Gasteiger partial charge is 0.489 e. The van der Waals surface area contributed by atoms with Crippen molar-refractivity contribution in [2.24, 2.45) is 0 Å². The van der Waals surface area contributed by atoms with Crippen molar-refractivity contribution in [1.29, 1.82) is 0 Å². The molecule has 0 aliphatic heterocycles. The minimum atomic E-state index is 0.547. The quantitative estimate of drug-likeness (QED) is 0.662. The molecule has 0 N–H and O–H groups in total. The van der Waals surface area contributed by atoms with Gasteiger partial charge in [-0.25, -0.2) is 0 Å². The Balaban J connectivity index is 3.02. The average Bonchev–Trinajstić information content (AvgIpc) is 2.12. The zero-order valence-corrected chi connectivity index (χ0v) is 8.42. The second-order valence-electron chi connectivity index (χ2n) is 3.08. The first-order valence-electron chi connectivity index (χ1n) is 4.33.